The van der Waals surface area contributed by atoms with Gasteiger partial charge >= 0.3 is 0 Å². The molecule has 1 atom stereocenters. The van der Waals surface area contributed by atoms with Crippen LogP contribution in [-0.2, 0) is 4.79 Å². The zero-order valence-electron chi connectivity index (χ0n) is 16.5. The number of para-hydroxylation sites is 1. The molecule has 0 aliphatic carbocycles. The number of amides is 2. The first-order chi connectivity index (χ1) is 12.8. The van der Waals surface area contributed by atoms with E-state index in [1.165, 1.54) is 0 Å². The Kier molecular flexibility index (Phi) is 4.28. The van der Waals surface area contributed by atoms with Crippen LogP contribution in [0.4, 0.5) is 0 Å². The first-order valence-electron chi connectivity index (χ1n) is 9.94. The van der Waals surface area contributed by atoms with Gasteiger partial charge in [-0.3, -0.25) is 9.59 Å². The second-order valence-corrected chi connectivity index (χ2v) is 9.42. The first kappa shape index (κ1) is 18.1. The molecule has 144 valence electrons. The number of nitrogens with one attached hydrogen (secondary N) is 1. The number of aromatic amines is 1. The number of aromatic nitrogens is 1. The van der Waals surface area contributed by atoms with Gasteiger partial charge in [-0.2, -0.15) is 0 Å². The maximum Gasteiger partial charge on any atom is 0.270 e. The highest BCUT2D eigenvalue weighted by Crippen LogP contribution is 2.41. The average Bonchev–Trinajstić information content (AvgIpc) is 3.22. The van der Waals surface area contributed by atoms with Gasteiger partial charge in [0.2, 0.25) is 5.91 Å². The van der Waals surface area contributed by atoms with Gasteiger partial charge in [-0.15, -0.1) is 0 Å². The molecule has 5 heteroatoms. The zero-order valence-corrected chi connectivity index (χ0v) is 16.5. The molecule has 5 nitrogen and oxygen atoms in total. The van der Waals surface area contributed by atoms with Crippen LogP contribution in [0.1, 0.15) is 50.5 Å². The van der Waals surface area contributed by atoms with Crippen molar-refractivity contribution in [1.29, 1.82) is 0 Å². The Bertz CT molecular complexity index is 846. The fourth-order valence-electron chi connectivity index (χ4n) is 4.66. The van der Waals surface area contributed by atoms with Crippen molar-refractivity contribution in [3.63, 3.8) is 0 Å². The lowest BCUT2D eigenvalue weighted by Gasteiger charge is -2.41. The lowest BCUT2D eigenvalue weighted by atomic mass is 9.77. The van der Waals surface area contributed by atoms with Gasteiger partial charge in [-0.05, 0) is 36.8 Å². The van der Waals surface area contributed by atoms with Crippen molar-refractivity contribution < 1.29 is 9.59 Å². The molecule has 2 saturated heterocycles. The molecule has 1 spiro atoms. The summed E-state index contributed by atoms with van der Waals surface area (Å²) >= 11 is 0. The van der Waals surface area contributed by atoms with Crippen molar-refractivity contribution in [2.75, 3.05) is 26.2 Å². The third kappa shape index (κ3) is 3.35. The largest absolute Gasteiger partial charge is 0.351 e. The van der Waals surface area contributed by atoms with Crippen LogP contribution < -0.4 is 0 Å². The highest BCUT2D eigenvalue weighted by atomic mass is 16.2. The Labute approximate surface area is 160 Å². The third-order valence-electron chi connectivity index (χ3n) is 5.89. The highest BCUT2D eigenvalue weighted by Gasteiger charge is 2.49. The maximum atomic E-state index is 13.3. The van der Waals surface area contributed by atoms with Crippen molar-refractivity contribution in [3.8, 4) is 0 Å². The molecule has 0 saturated carbocycles. The van der Waals surface area contributed by atoms with Crippen LogP contribution in [0, 0.1) is 10.8 Å². The maximum absolute atomic E-state index is 13.3. The number of benzene rings is 1. The minimum atomic E-state index is -0.384. The van der Waals surface area contributed by atoms with E-state index < -0.39 is 0 Å². The van der Waals surface area contributed by atoms with E-state index in [-0.39, 0.29) is 22.6 Å². The van der Waals surface area contributed by atoms with Gasteiger partial charge < -0.3 is 14.8 Å². The van der Waals surface area contributed by atoms with Crippen molar-refractivity contribution in [2.45, 2.75) is 40.0 Å². The summed E-state index contributed by atoms with van der Waals surface area (Å²) in [7, 11) is 0. The smallest absolute Gasteiger partial charge is 0.270 e. The van der Waals surface area contributed by atoms with E-state index in [1.54, 1.807) is 0 Å². The van der Waals surface area contributed by atoms with E-state index in [2.05, 4.69) is 25.8 Å². The number of fused-ring (bicyclic) bond motifs is 1. The molecule has 2 aromatic rings. The summed E-state index contributed by atoms with van der Waals surface area (Å²) in [5.41, 5.74) is 1.29. The van der Waals surface area contributed by atoms with Crippen LogP contribution >= 0.6 is 0 Å². The van der Waals surface area contributed by atoms with E-state index >= 15 is 0 Å². The lowest BCUT2D eigenvalue weighted by Crippen LogP contribution is -2.52. The molecule has 27 heavy (non-hydrogen) atoms. The normalized spacial score (nSPS) is 23.6. The predicted molar refractivity (Wildman–Crippen MR) is 107 cm³/mol. The Morgan fingerprint density at radius 2 is 1.96 bits per heavy atom. The monoisotopic (exact) mass is 367 g/mol. The molecule has 1 aromatic heterocycles. The Morgan fingerprint density at radius 1 is 1.19 bits per heavy atom. The zero-order chi connectivity index (χ0) is 19.2. The number of hydrogen-bond donors (Lipinski definition) is 1. The van der Waals surface area contributed by atoms with Crippen molar-refractivity contribution in [2.24, 2.45) is 10.8 Å². The molecule has 0 bridgehead atoms. The number of hydrogen-bond acceptors (Lipinski definition) is 2. The minimum Gasteiger partial charge on any atom is -0.351 e. The second-order valence-electron chi connectivity index (χ2n) is 9.42. The summed E-state index contributed by atoms with van der Waals surface area (Å²) in [6.07, 6.45) is 2.69. The SMILES string of the molecule is CC(C)(C)CN1CCC[C@@]2(CCN(C(=O)c3cc4ccccc4[nH]3)C2)C1=O. The molecule has 1 N–H and O–H groups in total. The van der Waals surface area contributed by atoms with Gasteiger partial charge in [0, 0.05) is 37.1 Å². The highest BCUT2D eigenvalue weighted by molar-refractivity contribution is 5.98. The minimum absolute atomic E-state index is 0.00354. The molecule has 1 aromatic carbocycles. The number of likely N-dealkylation sites (tertiary alicyclic amines) is 2. The van der Waals surface area contributed by atoms with Gasteiger partial charge in [0.1, 0.15) is 5.69 Å². The van der Waals surface area contributed by atoms with E-state index in [1.807, 2.05) is 40.1 Å². The number of rotatable bonds is 2. The molecule has 2 fully saturated rings. The topological polar surface area (TPSA) is 56.4 Å². The molecule has 2 amide bonds. The quantitative estimate of drug-likeness (QED) is 0.880. The standard InChI is InChI=1S/C22H29N3O2/c1-21(2,3)14-25-11-6-9-22(20(25)27)10-12-24(15-22)19(26)18-13-16-7-4-5-8-17(16)23-18/h4-5,7-8,13,23H,6,9-12,14-15H2,1-3H3/t22-/m0/s1. The van der Waals surface area contributed by atoms with E-state index in [4.69, 9.17) is 0 Å². The van der Waals surface area contributed by atoms with Crippen LogP contribution in [0.25, 0.3) is 10.9 Å². The number of carbonyl (C=O) groups excluding carboxylic acids is 2. The fourth-order valence-corrected chi connectivity index (χ4v) is 4.66. The van der Waals surface area contributed by atoms with Crippen LogP contribution in [-0.4, -0.2) is 52.8 Å². The van der Waals surface area contributed by atoms with Crippen LogP contribution in [0.2, 0.25) is 0 Å². The van der Waals surface area contributed by atoms with Crippen molar-refractivity contribution in [3.05, 3.63) is 36.0 Å². The molecule has 0 unspecified atom stereocenters. The Morgan fingerprint density at radius 3 is 2.70 bits per heavy atom. The Hall–Kier alpha value is -2.30. The molecule has 0 radical (unpaired) electrons. The van der Waals surface area contributed by atoms with E-state index in [0.29, 0.717) is 18.8 Å². The third-order valence-corrected chi connectivity index (χ3v) is 5.89. The molecule has 3 heterocycles. The van der Waals surface area contributed by atoms with E-state index in [0.717, 1.165) is 43.3 Å². The van der Waals surface area contributed by atoms with Gasteiger partial charge in [0.15, 0.2) is 0 Å². The molecular weight excluding hydrogens is 338 g/mol. The summed E-state index contributed by atoms with van der Waals surface area (Å²) in [6, 6.07) is 9.83. The van der Waals surface area contributed by atoms with Crippen LogP contribution in [0.3, 0.4) is 0 Å². The molecular formula is C22H29N3O2. The second kappa shape index (κ2) is 6.39. The number of nitrogens with zero attached hydrogens (tertiary/aromatic N) is 2. The number of H-pyrrole nitrogens is 1. The van der Waals surface area contributed by atoms with E-state index in [9.17, 15) is 9.59 Å². The summed E-state index contributed by atoms with van der Waals surface area (Å²) < 4.78 is 0. The summed E-state index contributed by atoms with van der Waals surface area (Å²) in [4.78, 5) is 33.4. The number of piperidine rings is 1. The van der Waals surface area contributed by atoms with Gasteiger partial charge in [-0.25, -0.2) is 0 Å². The van der Waals surface area contributed by atoms with Gasteiger partial charge in [0.25, 0.3) is 5.91 Å². The summed E-state index contributed by atoms with van der Waals surface area (Å²) in [6.45, 7) is 9.33. The summed E-state index contributed by atoms with van der Waals surface area (Å²) in [5.74, 6) is 0.249. The van der Waals surface area contributed by atoms with Crippen LogP contribution in [0.5, 0.6) is 0 Å². The molecule has 2 aliphatic rings. The van der Waals surface area contributed by atoms with Crippen LogP contribution in [0.15, 0.2) is 30.3 Å². The van der Waals surface area contributed by atoms with Crippen molar-refractivity contribution in [1.82, 2.24) is 14.8 Å². The summed E-state index contributed by atoms with van der Waals surface area (Å²) in [5, 5.41) is 1.04. The predicted octanol–water partition coefficient (Wildman–Crippen LogP) is 3.67. The Balaban J connectivity index is 1.51. The lowest BCUT2D eigenvalue weighted by molar-refractivity contribution is -0.147. The van der Waals surface area contributed by atoms with Gasteiger partial charge in [0.05, 0.1) is 5.41 Å². The number of carbonyl (C=O) groups is 2. The first-order valence-corrected chi connectivity index (χ1v) is 9.94. The fraction of sp³-hybridized carbons (Fsp3) is 0.545. The van der Waals surface area contributed by atoms with Gasteiger partial charge in [-0.1, -0.05) is 39.0 Å². The molecule has 2 aliphatic heterocycles. The van der Waals surface area contributed by atoms with Crippen molar-refractivity contribution >= 4 is 22.7 Å². The molecule has 4 rings (SSSR count). The average molecular weight is 367 g/mol.